The van der Waals surface area contributed by atoms with Crippen LogP contribution in [0.5, 0.6) is 0 Å². The topological polar surface area (TPSA) is 127 Å². The fraction of sp³-hybridized carbons (Fsp3) is 0.300. The third-order valence-corrected chi connectivity index (χ3v) is 6.15. The number of likely N-dealkylation sites (N-methyl/N-ethyl adjacent to an activating group) is 1. The van der Waals surface area contributed by atoms with E-state index < -0.39 is 23.2 Å². The summed E-state index contributed by atoms with van der Waals surface area (Å²) in [7, 11) is 1.71. The molecule has 2 aromatic carbocycles. The van der Waals surface area contributed by atoms with Gasteiger partial charge in [0.1, 0.15) is 5.60 Å². The molecule has 0 aliphatic heterocycles. The molecule has 2 heterocycles. The van der Waals surface area contributed by atoms with Crippen LogP contribution in [0.1, 0.15) is 43.5 Å². The van der Waals surface area contributed by atoms with Crippen LogP contribution in [0, 0.1) is 6.92 Å². The minimum absolute atomic E-state index is 0.0724. The van der Waals surface area contributed by atoms with Crippen LogP contribution < -0.4 is 21.2 Å². The summed E-state index contributed by atoms with van der Waals surface area (Å²) in [5, 5.41) is 5.88. The third-order valence-electron chi connectivity index (χ3n) is 6.15. The molecule has 40 heavy (non-hydrogen) atoms. The summed E-state index contributed by atoms with van der Waals surface area (Å²) in [5.74, 6) is -0.764. The number of rotatable bonds is 8. The second-order valence-electron chi connectivity index (χ2n) is 10.4. The van der Waals surface area contributed by atoms with E-state index in [-0.39, 0.29) is 30.4 Å². The molecule has 0 radical (unpaired) electrons. The minimum atomic E-state index is -0.665. The van der Waals surface area contributed by atoms with Gasteiger partial charge in [-0.2, -0.15) is 4.98 Å². The van der Waals surface area contributed by atoms with Crippen LogP contribution in [0.15, 0.2) is 76.1 Å². The van der Waals surface area contributed by atoms with Gasteiger partial charge in [0.15, 0.2) is 0 Å². The maximum atomic E-state index is 13.3. The summed E-state index contributed by atoms with van der Waals surface area (Å²) >= 11 is 0. The lowest BCUT2D eigenvalue weighted by Gasteiger charge is -2.24. The summed E-state index contributed by atoms with van der Waals surface area (Å²) in [4.78, 5) is 49.1. The molecule has 4 aromatic rings. The lowest BCUT2D eigenvalue weighted by atomic mass is 9.97. The van der Waals surface area contributed by atoms with E-state index in [0.717, 1.165) is 11.3 Å². The summed E-state index contributed by atoms with van der Waals surface area (Å²) in [6.45, 7) is 7.49. The van der Waals surface area contributed by atoms with Crippen LogP contribution in [0.25, 0.3) is 10.9 Å². The van der Waals surface area contributed by atoms with Gasteiger partial charge in [0.25, 0.3) is 0 Å². The van der Waals surface area contributed by atoms with Gasteiger partial charge in [-0.1, -0.05) is 36.4 Å². The van der Waals surface area contributed by atoms with E-state index in [9.17, 15) is 14.4 Å². The molecule has 10 heteroatoms. The van der Waals surface area contributed by atoms with Crippen LogP contribution in [-0.2, 0) is 16.1 Å². The fourth-order valence-corrected chi connectivity index (χ4v) is 4.20. The van der Waals surface area contributed by atoms with Crippen molar-refractivity contribution in [1.82, 2.24) is 15.3 Å². The summed E-state index contributed by atoms with van der Waals surface area (Å²) in [6.07, 6.45) is 1.05. The molecule has 208 valence electrons. The van der Waals surface area contributed by atoms with Gasteiger partial charge in [0.2, 0.25) is 5.91 Å². The highest BCUT2D eigenvalue weighted by Gasteiger charge is 2.25. The highest BCUT2D eigenvalue weighted by atomic mass is 16.6. The van der Waals surface area contributed by atoms with E-state index in [4.69, 9.17) is 9.15 Å². The van der Waals surface area contributed by atoms with E-state index in [1.54, 1.807) is 58.0 Å². The zero-order valence-electron chi connectivity index (χ0n) is 23.2. The maximum Gasteiger partial charge on any atom is 0.412 e. The number of fused-ring (bicyclic) bond motifs is 1. The van der Waals surface area contributed by atoms with Crippen molar-refractivity contribution in [1.29, 1.82) is 0 Å². The molecular weight excluding hydrogens is 510 g/mol. The lowest BCUT2D eigenvalue weighted by molar-refractivity contribution is -0.122. The van der Waals surface area contributed by atoms with Gasteiger partial charge in [-0.15, -0.1) is 0 Å². The Kier molecular flexibility index (Phi) is 8.47. The van der Waals surface area contributed by atoms with Gasteiger partial charge in [-0.3, -0.25) is 15.1 Å². The highest BCUT2D eigenvalue weighted by Crippen LogP contribution is 2.26. The quantitative estimate of drug-likeness (QED) is 0.325. The van der Waals surface area contributed by atoms with Crippen LogP contribution in [0.2, 0.25) is 0 Å². The zero-order valence-corrected chi connectivity index (χ0v) is 23.2. The Morgan fingerprint density at radius 1 is 1.05 bits per heavy atom. The van der Waals surface area contributed by atoms with Crippen molar-refractivity contribution in [3.05, 3.63) is 94.1 Å². The molecule has 10 nitrogen and oxygen atoms in total. The number of aryl methyl sites for hydroxylation is 1. The molecule has 0 saturated heterocycles. The molecule has 2 N–H and O–H groups in total. The van der Waals surface area contributed by atoms with E-state index in [0.29, 0.717) is 16.8 Å². The number of amides is 2. The first-order valence-corrected chi connectivity index (χ1v) is 12.9. The van der Waals surface area contributed by atoms with Crippen LogP contribution >= 0.6 is 0 Å². The van der Waals surface area contributed by atoms with E-state index >= 15 is 0 Å². The number of benzene rings is 2. The number of aromatic nitrogens is 2. The molecule has 0 aliphatic rings. The molecule has 2 amide bonds. The van der Waals surface area contributed by atoms with Crippen molar-refractivity contribution in [3.63, 3.8) is 0 Å². The number of anilines is 2. The second kappa shape index (κ2) is 12.0. The number of hydrogen-bond acceptors (Lipinski definition) is 8. The number of nitrogens with one attached hydrogen (secondary N) is 2. The SMILES string of the molecule is Cc1c(NC(=O)OC(C)(C)C)ccc2nc(N(C)CC(C(=O)NCc3ccccn3)c3ccccc3)oc(=O)c12. The molecule has 0 spiro atoms. The predicted molar refractivity (Wildman–Crippen MR) is 153 cm³/mol. The predicted octanol–water partition coefficient (Wildman–Crippen LogP) is 4.77. The van der Waals surface area contributed by atoms with Gasteiger partial charge < -0.3 is 19.4 Å². The van der Waals surface area contributed by atoms with Gasteiger partial charge in [0.05, 0.1) is 29.1 Å². The first-order valence-electron chi connectivity index (χ1n) is 12.9. The number of carbonyl (C=O) groups is 2. The monoisotopic (exact) mass is 543 g/mol. The largest absolute Gasteiger partial charge is 0.444 e. The molecule has 1 atom stereocenters. The molecule has 0 bridgehead atoms. The third kappa shape index (κ3) is 7.02. The Bertz CT molecular complexity index is 1550. The van der Waals surface area contributed by atoms with Gasteiger partial charge in [-0.05, 0) is 63.1 Å². The second-order valence-corrected chi connectivity index (χ2v) is 10.4. The number of pyridine rings is 1. The van der Waals surface area contributed by atoms with Crippen molar-refractivity contribution < 1.29 is 18.7 Å². The molecule has 2 aromatic heterocycles. The van der Waals surface area contributed by atoms with E-state index in [1.165, 1.54) is 0 Å². The Hall–Kier alpha value is -4.73. The summed E-state index contributed by atoms with van der Waals surface area (Å²) in [6, 6.07) is 18.3. The number of carbonyl (C=O) groups excluding carboxylic acids is 2. The summed E-state index contributed by atoms with van der Waals surface area (Å²) in [5.41, 5.74) is 1.62. The van der Waals surface area contributed by atoms with Crippen molar-refractivity contribution >= 4 is 34.6 Å². The Balaban J connectivity index is 1.57. The number of nitrogens with zero attached hydrogens (tertiary/aromatic N) is 3. The Labute approximate surface area is 232 Å². The molecule has 4 rings (SSSR count). The first-order chi connectivity index (χ1) is 19.0. The normalized spacial score (nSPS) is 12.0. The number of hydrogen-bond donors (Lipinski definition) is 2. The summed E-state index contributed by atoms with van der Waals surface area (Å²) < 4.78 is 10.9. The van der Waals surface area contributed by atoms with Crippen molar-refractivity contribution in [2.24, 2.45) is 0 Å². The maximum absolute atomic E-state index is 13.3. The zero-order chi connectivity index (χ0) is 28.9. The van der Waals surface area contributed by atoms with Crippen LogP contribution in [0.3, 0.4) is 0 Å². The van der Waals surface area contributed by atoms with Crippen molar-refractivity contribution in [2.45, 2.75) is 45.8 Å². The average molecular weight is 544 g/mol. The molecule has 0 aliphatic carbocycles. The van der Waals surface area contributed by atoms with Crippen LogP contribution in [0.4, 0.5) is 16.5 Å². The Morgan fingerprint density at radius 2 is 1.77 bits per heavy atom. The Morgan fingerprint density at radius 3 is 2.45 bits per heavy atom. The lowest BCUT2D eigenvalue weighted by Crippen LogP contribution is -2.36. The highest BCUT2D eigenvalue weighted by molar-refractivity contribution is 5.93. The molecule has 1 unspecified atom stereocenters. The standard InChI is InChI=1S/C30H33N5O5/c1-19-23(34-29(38)40-30(2,3)4)14-15-24-25(19)27(37)39-28(33-24)35(5)18-22(20-11-7-6-8-12-20)26(36)32-17-21-13-9-10-16-31-21/h6-16,22H,17-18H2,1-5H3,(H,32,36)(H,34,38). The van der Waals surface area contributed by atoms with E-state index in [2.05, 4.69) is 20.6 Å². The van der Waals surface area contributed by atoms with Gasteiger partial charge in [-0.25, -0.2) is 9.59 Å². The van der Waals surface area contributed by atoms with E-state index in [1.807, 2.05) is 48.5 Å². The van der Waals surface area contributed by atoms with Crippen molar-refractivity contribution in [2.75, 3.05) is 23.8 Å². The van der Waals surface area contributed by atoms with Crippen molar-refractivity contribution in [3.8, 4) is 0 Å². The fourth-order valence-electron chi connectivity index (χ4n) is 4.20. The number of ether oxygens (including phenoxy) is 1. The van der Waals surface area contributed by atoms with Gasteiger partial charge in [0, 0.05) is 25.5 Å². The van der Waals surface area contributed by atoms with Gasteiger partial charge >= 0.3 is 17.7 Å². The van der Waals surface area contributed by atoms with Crippen LogP contribution in [-0.4, -0.2) is 41.2 Å². The molecule has 0 saturated carbocycles. The molecule has 0 fully saturated rings. The smallest absolute Gasteiger partial charge is 0.412 e. The average Bonchev–Trinajstić information content (AvgIpc) is 2.91. The molecular formula is C30H33N5O5. The first kappa shape index (κ1) is 28.3. The minimum Gasteiger partial charge on any atom is -0.444 e.